The second-order valence-corrected chi connectivity index (χ2v) is 5.50. The van der Waals surface area contributed by atoms with Gasteiger partial charge in [-0.2, -0.15) is 0 Å². The number of benzene rings is 1. The van der Waals surface area contributed by atoms with E-state index in [-0.39, 0.29) is 18.3 Å². The Bertz CT molecular complexity index is 442. The van der Waals surface area contributed by atoms with Crippen molar-refractivity contribution in [1.29, 1.82) is 0 Å². The summed E-state index contributed by atoms with van der Waals surface area (Å²) in [6.07, 6.45) is 3.70. The van der Waals surface area contributed by atoms with E-state index in [0.717, 1.165) is 43.4 Å². The number of carbonyl (C=O) groups is 1. The van der Waals surface area contributed by atoms with Gasteiger partial charge in [0.05, 0.1) is 12.1 Å². The van der Waals surface area contributed by atoms with Crippen LogP contribution in [0.4, 0.5) is 0 Å². The summed E-state index contributed by atoms with van der Waals surface area (Å²) in [5, 5.41) is 2.95. The van der Waals surface area contributed by atoms with E-state index in [1.165, 1.54) is 0 Å². The minimum absolute atomic E-state index is 0. The molecule has 0 radical (unpaired) electrons. The number of hydrogen-bond acceptors (Lipinski definition) is 3. The van der Waals surface area contributed by atoms with Crippen molar-refractivity contribution in [2.45, 2.75) is 51.3 Å². The molecule has 1 aromatic rings. The molecule has 0 spiro atoms. The Hall–Kier alpha value is -1.10. The van der Waals surface area contributed by atoms with Gasteiger partial charge in [-0.25, -0.2) is 0 Å². The molecule has 0 heterocycles. The first-order chi connectivity index (χ1) is 9.64. The second-order valence-electron chi connectivity index (χ2n) is 5.50. The molecule has 1 aliphatic rings. The van der Waals surface area contributed by atoms with Crippen LogP contribution in [0.1, 0.15) is 43.7 Å². The number of nitrogens with two attached hydrogens (primary N) is 1. The van der Waals surface area contributed by atoms with Gasteiger partial charge in [-0.3, -0.25) is 4.79 Å². The lowest BCUT2D eigenvalue weighted by Gasteiger charge is -2.22. The normalized spacial score (nSPS) is 16.3. The fourth-order valence-electron chi connectivity index (χ4n) is 2.56. The first-order valence-electron chi connectivity index (χ1n) is 7.37. The molecule has 3 N–H and O–H groups in total. The van der Waals surface area contributed by atoms with E-state index in [2.05, 4.69) is 5.32 Å². The predicted octanol–water partition coefficient (Wildman–Crippen LogP) is 2.53. The van der Waals surface area contributed by atoms with Crippen LogP contribution < -0.4 is 11.1 Å². The van der Waals surface area contributed by atoms with Gasteiger partial charge in [0, 0.05) is 13.2 Å². The Morgan fingerprint density at radius 1 is 1.24 bits per heavy atom. The van der Waals surface area contributed by atoms with E-state index < -0.39 is 5.54 Å². The maximum atomic E-state index is 12.1. The molecule has 21 heavy (non-hydrogen) atoms. The van der Waals surface area contributed by atoms with Crippen molar-refractivity contribution in [2.75, 3.05) is 6.61 Å². The highest BCUT2D eigenvalue weighted by Gasteiger charge is 2.36. The lowest BCUT2D eigenvalue weighted by atomic mass is 9.98. The minimum Gasteiger partial charge on any atom is -0.377 e. The Morgan fingerprint density at radius 3 is 2.38 bits per heavy atom. The van der Waals surface area contributed by atoms with E-state index in [1.54, 1.807) is 0 Å². The molecule has 4 nitrogen and oxygen atoms in total. The van der Waals surface area contributed by atoms with Crippen LogP contribution in [0.25, 0.3) is 0 Å². The van der Waals surface area contributed by atoms with Crippen LogP contribution in [-0.2, 0) is 22.7 Å². The third kappa shape index (κ3) is 4.99. The van der Waals surface area contributed by atoms with Gasteiger partial charge in [0.25, 0.3) is 0 Å². The zero-order chi connectivity index (χ0) is 14.4. The molecule has 0 unspecified atom stereocenters. The first-order valence-corrected chi connectivity index (χ1v) is 7.37. The molecular formula is C16H25ClN2O2. The van der Waals surface area contributed by atoms with Crippen LogP contribution in [0.15, 0.2) is 24.3 Å². The standard InChI is InChI=1S/C16H24N2O2.ClH/c1-2-20-12-14-7-5-13(6-8-14)11-18-15(19)16(17)9-3-4-10-16;/h5-8H,2-4,9-12,17H2,1H3,(H,18,19);1H. The van der Waals surface area contributed by atoms with E-state index in [9.17, 15) is 4.79 Å². The molecular weight excluding hydrogens is 288 g/mol. The fourth-order valence-corrected chi connectivity index (χ4v) is 2.56. The molecule has 1 amide bonds. The lowest BCUT2D eigenvalue weighted by Crippen LogP contribution is -2.51. The van der Waals surface area contributed by atoms with Gasteiger partial charge in [0.2, 0.25) is 5.91 Å². The molecule has 0 saturated heterocycles. The van der Waals surface area contributed by atoms with Gasteiger partial charge < -0.3 is 15.8 Å². The molecule has 1 fully saturated rings. The van der Waals surface area contributed by atoms with Crippen molar-refractivity contribution in [2.24, 2.45) is 5.73 Å². The molecule has 0 aromatic heterocycles. The minimum atomic E-state index is -0.644. The number of halogens is 1. The summed E-state index contributed by atoms with van der Waals surface area (Å²) in [4.78, 5) is 12.1. The highest BCUT2D eigenvalue weighted by Crippen LogP contribution is 2.27. The molecule has 1 saturated carbocycles. The molecule has 0 aliphatic heterocycles. The van der Waals surface area contributed by atoms with Crippen molar-refractivity contribution >= 4 is 18.3 Å². The van der Waals surface area contributed by atoms with Crippen LogP contribution in [0, 0.1) is 0 Å². The average molecular weight is 313 g/mol. The van der Waals surface area contributed by atoms with Gasteiger partial charge >= 0.3 is 0 Å². The summed E-state index contributed by atoms with van der Waals surface area (Å²) < 4.78 is 5.35. The van der Waals surface area contributed by atoms with Crippen LogP contribution in [0.3, 0.4) is 0 Å². The summed E-state index contributed by atoms with van der Waals surface area (Å²) in [5.74, 6) is -0.0200. The van der Waals surface area contributed by atoms with Gasteiger partial charge in [-0.1, -0.05) is 37.1 Å². The number of ether oxygens (including phenoxy) is 1. The van der Waals surface area contributed by atoms with Crippen LogP contribution in [0.2, 0.25) is 0 Å². The Morgan fingerprint density at radius 2 is 1.81 bits per heavy atom. The molecule has 0 bridgehead atoms. The Kier molecular flexibility index (Phi) is 7.15. The average Bonchev–Trinajstić information content (AvgIpc) is 2.92. The number of amides is 1. The maximum Gasteiger partial charge on any atom is 0.240 e. The summed E-state index contributed by atoms with van der Waals surface area (Å²) in [5.41, 5.74) is 7.70. The number of nitrogens with one attached hydrogen (secondary N) is 1. The van der Waals surface area contributed by atoms with Crippen molar-refractivity contribution in [3.8, 4) is 0 Å². The zero-order valence-corrected chi connectivity index (χ0v) is 13.4. The molecule has 2 rings (SSSR count). The summed E-state index contributed by atoms with van der Waals surface area (Å²) in [6.45, 7) is 3.87. The molecule has 1 aliphatic carbocycles. The summed E-state index contributed by atoms with van der Waals surface area (Å²) >= 11 is 0. The van der Waals surface area contributed by atoms with Gasteiger partial charge in [0.1, 0.15) is 0 Å². The fraction of sp³-hybridized carbons (Fsp3) is 0.562. The van der Waals surface area contributed by atoms with Gasteiger partial charge in [-0.15, -0.1) is 12.4 Å². The molecule has 5 heteroatoms. The lowest BCUT2D eigenvalue weighted by molar-refractivity contribution is -0.126. The SMILES string of the molecule is CCOCc1ccc(CNC(=O)C2(N)CCCC2)cc1.Cl. The highest BCUT2D eigenvalue weighted by atomic mass is 35.5. The van der Waals surface area contributed by atoms with E-state index in [0.29, 0.717) is 13.2 Å². The monoisotopic (exact) mass is 312 g/mol. The van der Waals surface area contributed by atoms with Crippen LogP contribution in [0.5, 0.6) is 0 Å². The number of carbonyl (C=O) groups excluding carboxylic acids is 1. The molecule has 0 atom stereocenters. The summed E-state index contributed by atoms with van der Waals surface area (Å²) in [7, 11) is 0. The van der Waals surface area contributed by atoms with Crippen LogP contribution >= 0.6 is 12.4 Å². The van der Waals surface area contributed by atoms with Crippen LogP contribution in [-0.4, -0.2) is 18.1 Å². The molecule has 118 valence electrons. The maximum absolute atomic E-state index is 12.1. The molecule has 1 aromatic carbocycles. The zero-order valence-electron chi connectivity index (χ0n) is 12.6. The second kappa shape index (κ2) is 8.37. The Labute approximate surface area is 132 Å². The van der Waals surface area contributed by atoms with Gasteiger partial charge in [0.15, 0.2) is 0 Å². The third-order valence-electron chi connectivity index (χ3n) is 3.90. The van der Waals surface area contributed by atoms with Crippen molar-refractivity contribution in [3.05, 3.63) is 35.4 Å². The van der Waals surface area contributed by atoms with Crippen molar-refractivity contribution in [1.82, 2.24) is 5.32 Å². The Balaban J connectivity index is 0.00000220. The van der Waals surface area contributed by atoms with Crippen molar-refractivity contribution in [3.63, 3.8) is 0 Å². The largest absolute Gasteiger partial charge is 0.377 e. The van der Waals surface area contributed by atoms with Crippen molar-refractivity contribution < 1.29 is 9.53 Å². The van der Waals surface area contributed by atoms with E-state index in [1.807, 2.05) is 31.2 Å². The topological polar surface area (TPSA) is 64.3 Å². The van der Waals surface area contributed by atoms with E-state index in [4.69, 9.17) is 10.5 Å². The third-order valence-corrected chi connectivity index (χ3v) is 3.90. The summed E-state index contributed by atoms with van der Waals surface area (Å²) in [6, 6.07) is 8.11. The number of hydrogen-bond donors (Lipinski definition) is 2. The first kappa shape index (κ1) is 18.0. The van der Waals surface area contributed by atoms with Gasteiger partial charge in [-0.05, 0) is 30.9 Å². The number of rotatable bonds is 6. The quantitative estimate of drug-likeness (QED) is 0.848. The predicted molar refractivity (Wildman–Crippen MR) is 86.3 cm³/mol. The highest BCUT2D eigenvalue weighted by molar-refractivity contribution is 5.86. The van der Waals surface area contributed by atoms with E-state index >= 15 is 0 Å². The smallest absolute Gasteiger partial charge is 0.240 e.